The lowest BCUT2D eigenvalue weighted by Gasteiger charge is -2.22. The minimum Gasteiger partial charge on any atom is -0.466 e. The van der Waals surface area contributed by atoms with Crippen molar-refractivity contribution >= 4 is 11.8 Å². The first-order valence-corrected chi connectivity index (χ1v) is 9.00. The molecule has 1 aromatic rings. The fraction of sp³-hybridized carbons (Fsp3) is 0.684. The number of aryl methyl sites for hydroxylation is 2. The van der Waals surface area contributed by atoms with E-state index in [1.54, 1.807) is 17.9 Å². The molecule has 24 heavy (non-hydrogen) atoms. The summed E-state index contributed by atoms with van der Waals surface area (Å²) >= 11 is 0. The summed E-state index contributed by atoms with van der Waals surface area (Å²) in [6, 6.07) is 1.90. The van der Waals surface area contributed by atoms with E-state index in [9.17, 15) is 9.59 Å². The van der Waals surface area contributed by atoms with Gasteiger partial charge in [0.2, 0.25) is 5.91 Å². The Balaban J connectivity index is 2.71. The number of amides is 2. The van der Waals surface area contributed by atoms with Crippen LogP contribution in [0.15, 0.2) is 10.5 Å². The molecule has 2 amide bonds. The van der Waals surface area contributed by atoms with Gasteiger partial charge in [0.1, 0.15) is 11.5 Å². The Morgan fingerprint density at radius 3 is 2.42 bits per heavy atom. The molecule has 0 unspecified atom stereocenters. The third-order valence-corrected chi connectivity index (χ3v) is 3.90. The molecule has 1 heterocycles. The first kappa shape index (κ1) is 20.3. The van der Waals surface area contributed by atoms with Crippen LogP contribution in [0.2, 0.25) is 0 Å². The lowest BCUT2D eigenvalue weighted by atomic mass is 10.1. The SMILES string of the molecule is CCCCCCN(CCC(=O)NC(C)C)C(=O)c1cc(C)oc1C. The Morgan fingerprint density at radius 2 is 1.88 bits per heavy atom. The number of carbonyl (C=O) groups excluding carboxylic acids is 2. The number of rotatable bonds is 10. The highest BCUT2D eigenvalue weighted by Gasteiger charge is 2.21. The lowest BCUT2D eigenvalue weighted by Crippen LogP contribution is -2.37. The average molecular weight is 336 g/mol. The molecule has 1 aromatic heterocycles. The van der Waals surface area contributed by atoms with Gasteiger partial charge >= 0.3 is 0 Å². The molecule has 0 aliphatic rings. The van der Waals surface area contributed by atoms with E-state index in [1.165, 1.54) is 6.42 Å². The highest BCUT2D eigenvalue weighted by atomic mass is 16.3. The van der Waals surface area contributed by atoms with Gasteiger partial charge in [-0.15, -0.1) is 0 Å². The van der Waals surface area contributed by atoms with Gasteiger partial charge in [-0.2, -0.15) is 0 Å². The van der Waals surface area contributed by atoms with Gasteiger partial charge < -0.3 is 14.6 Å². The van der Waals surface area contributed by atoms with Crippen molar-refractivity contribution in [1.29, 1.82) is 0 Å². The van der Waals surface area contributed by atoms with Gasteiger partial charge in [-0.25, -0.2) is 0 Å². The van der Waals surface area contributed by atoms with Crippen LogP contribution in [0.4, 0.5) is 0 Å². The second-order valence-electron chi connectivity index (χ2n) is 6.65. The Hall–Kier alpha value is -1.78. The summed E-state index contributed by atoms with van der Waals surface area (Å²) in [5, 5.41) is 2.87. The van der Waals surface area contributed by atoms with Gasteiger partial charge in [0.05, 0.1) is 5.56 Å². The largest absolute Gasteiger partial charge is 0.466 e. The fourth-order valence-electron chi connectivity index (χ4n) is 2.69. The molecule has 0 saturated carbocycles. The average Bonchev–Trinajstić information content (AvgIpc) is 2.83. The topological polar surface area (TPSA) is 62.6 Å². The van der Waals surface area contributed by atoms with Crippen molar-refractivity contribution in [2.24, 2.45) is 0 Å². The molecular weight excluding hydrogens is 304 g/mol. The Labute approximate surface area is 145 Å². The number of hydrogen-bond donors (Lipinski definition) is 1. The van der Waals surface area contributed by atoms with Crippen LogP contribution < -0.4 is 5.32 Å². The molecule has 0 aliphatic heterocycles. The predicted molar refractivity (Wildman–Crippen MR) is 96.1 cm³/mol. The zero-order valence-corrected chi connectivity index (χ0v) is 15.8. The molecule has 136 valence electrons. The first-order valence-electron chi connectivity index (χ1n) is 9.00. The van der Waals surface area contributed by atoms with Gasteiger partial charge in [-0.05, 0) is 40.2 Å². The summed E-state index contributed by atoms with van der Waals surface area (Å²) < 4.78 is 5.48. The highest BCUT2D eigenvalue weighted by Crippen LogP contribution is 2.17. The molecule has 0 aromatic carbocycles. The van der Waals surface area contributed by atoms with E-state index in [0.29, 0.717) is 30.8 Å². The van der Waals surface area contributed by atoms with Gasteiger partial charge in [-0.1, -0.05) is 26.2 Å². The van der Waals surface area contributed by atoms with Crippen LogP contribution in [0.3, 0.4) is 0 Å². The molecule has 0 saturated heterocycles. The van der Waals surface area contributed by atoms with Gasteiger partial charge in [0.15, 0.2) is 0 Å². The molecular formula is C19H32N2O3. The maximum absolute atomic E-state index is 12.8. The highest BCUT2D eigenvalue weighted by molar-refractivity contribution is 5.95. The Bertz CT molecular complexity index is 535. The summed E-state index contributed by atoms with van der Waals surface area (Å²) in [5.41, 5.74) is 0.604. The van der Waals surface area contributed by atoms with E-state index >= 15 is 0 Å². The maximum atomic E-state index is 12.8. The monoisotopic (exact) mass is 336 g/mol. The van der Waals surface area contributed by atoms with E-state index in [4.69, 9.17) is 4.42 Å². The third-order valence-electron chi connectivity index (χ3n) is 3.90. The van der Waals surface area contributed by atoms with E-state index in [1.807, 2.05) is 20.8 Å². The van der Waals surface area contributed by atoms with Crippen LogP contribution in [0.5, 0.6) is 0 Å². The van der Waals surface area contributed by atoms with Crippen molar-refractivity contribution in [3.63, 3.8) is 0 Å². The van der Waals surface area contributed by atoms with Gasteiger partial charge in [0.25, 0.3) is 5.91 Å². The molecule has 0 bridgehead atoms. The molecule has 5 nitrogen and oxygen atoms in total. The van der Waals surface area contributed by atoms with E-state index in [0.717, 1.165) is 25.0 Å². The predicted octanol–water partition coefficient (Wildman–Crippen LogP) is 3.83. The molecule has 0 atom stereocenters. The summed E-state index contributed by atoms with van der Waals surface area (Å²) in [5.74, 6) is 1.32. The van der Waals surface area contributed by atoms with Crippen molar-refractivity contribution < 1.29 is 14.0 Å². The Kier molecular flexibility index (Phi) is 8.58. The van der Waals surface area contributed by atoms with Crippen LogP contribution in [-0.4, -0.2) is 35.8 Å². The van der Waals surface area contributed by atoms with Crippen molar-refractivity contribution in [2.45, 2.75) is 72.8 Å². The zero-order valence-electron chi connectivity index (χ0n) is 15.8. The second-order valence-corrected chi connectivity index (χ2v) is 6.65. The summed E-state index contributed by atoms with van der Waals surface area (Å²) in [6.45, 7) is 10.8. The van der Waals surface area contributed by atoms with Crippen molar-refractivity contribution in [3.8, 4) is 0 Å². The zero-order chi connectivity index (χ0) is 18.1. The lowest BCUT2D eigenvalue weighted by molar-refractivity contribution is -0.121. The van der Waals surface area contributed by atoms with Crippen LogP contribution >= 0.6 is 0 Å². The van der Waals surface area contributed by atoms with Crippen LogP contribution in [0.25, 0.3) is 0 Å². The molecule has 0 radical (unpaired) electrons. The summed E-state index contributed by atoms with van der Waals surface area (Å²) in [4.78, 5) is 26.5. The molecule has 0 aliphatic carbocycles. The van der Waals surface area contributed by atoms with Crippen molar-refractivity contribution in [3.05, 3.63) is 23.2 Å². The van der Waals surface area contributed by atoms with Crippen LogP contribution in [0.1, 0.15) is 74.8 Å². The van der Waals surface area contributed by atoms with Gasteiger partial charge in [-0.3, -0.25) is 9.59 Å². The maximum Gasteiger partial charge on any atom is 0.257 e. The van der Waals surface area contributed by atoms with Gasteiger partial charge in [0, 0.05) is 25.6 Å². The minimum absolute atomic E-state index is 0.0172. The first-order chi connectivity index (χ1) is 11.3. The molecule has 5 heteroatoms. The van der Waals surface area contributed by atoms with E-state index in [-0.39, 0.29) is 17.9 Å². The van der Waals surface area contributed by atoms with Crippen LogP contribution in [0, 0.1) is 13.8 Å². The fourth-order valence-corrected chi connectivity index (χ4v) is 2.69. The second kappa shape index (κ2) is 10.2. The third kappa shape index (κ3) is 6.77. The number of furan rings is 1. The smallest absolute Gasteiger partial charge is 0.257 e. The quantitative estimate of drug-likeness (QED) is 0.660. The number of nitrogens with zero attached hydrogens (tertiary/aromatic N) is 1. The van der Waals surface area contributed by atoms with E-state index in [2.05, 4.69) is 12.2 Å². The summed E-state index contributed by atoms with van der Waals surface area (Å²) in [7, 11) is 0. The van der Waals surface area contributed by atoms with E-state index < -0.39 is 0 Å². The molecule has 0 fully saturated rings. The number of hydrogen-bond acceptors (Lipinski definition) is 3. The van der Waals surface area contributed by atoms with Crippen molar-refractivity contribution in [2.75, 3.05) is 13.1 Å². The minimum atomic E-state index is -0.0433. The summed E-state index contributed by atoms with van der Waals surface area (Å²) in [6.07, 6.45) is 4.71. The number of nitrogens with one attached hydrogen (secondary N) is 1. The normalized spacial score (nSPS) is 10.9. The van der Waals surface area contributed by atoms with Crippen LogP contribution in [-0.2, 0) is 4.79 Å². The number of carbonyl (C=O) groups is 2. The molecule has 1 rings (SSSR count). The number of unbranched alkanes of at least 4 members (excludes halogenated alkanes) is 3. The molecule has 1 N–H and O–H groups in total. The standard InChI is InChI=1S/C19H32N2O3/c1-6-7-8-9-11-21(12-10-18(22)20-14(2)3)19(23)17-13-15(4)24-16(17)5/h13-14H,6-12H2,1-5H3,(H,20,22). The van der Waals surface area contributed by atoms with Crippen molar-refractivity contribution in [1.82, 2.24) is 10.2 Å². The molecule has 0 spiro atoms. The Morgan fingerprint density at radius 1 is 1.17 bits per heavy atom.